The lowest BCUT2D eigenvalue weighted by Crippen LogP contribution is -2.40. The number of nitrogens with zero attached hydrogens (tertiary/aromatic N) is 5. The summed E-state index contributed by atoms with van der Waals surface area (Å²) in [7, 11) is -3.58. The number of aryl methyl sites for hydroxylation is 1. The molecule has 1 aliphatic carbocycles. The van der Waals surface area contributed by atoms with E-state index in [0.717, 1.165) is 35.1 Å². The molecule has 2 aliphatic rings. The third-order valence-corrected chi connectivity index (χ3v) is 11.7. The molecule has 1 N–H and O–H groups in total. The molecule has 0 unspecified atom stereocenters. The first-order chi connectivity index (χ1) is 19.1. The lowest BCUT2D eigenvalue weighted by Gasteiger charge is -2.33. The molecule has 4 aromatic rings. The smallest absolute Gasteiger partial charge is 0.243 e. The number of carbonyl (C=O) groups is 1. The maximum absolute atomic E-state index is 12.8. The van der Waals surface area contributed by atoms with Crippen molar-refractivity contribution in [1.82, 2.24) is 23.9 Å². The van der Waals surface area contributed by atoms with Gasteiger partial charge in [0.15, 0.2) is 10.8 Å². The van der Waals surface area contributed by atoms with Crippen molar-refractivity contribution in [2.45, 2.75) is 50.1 Å². The molecule has 1 aromatic carbocycles. The van der Waals surface area contributed by atoms with Crippen molar-refractivity contribution in [3.8, 4) is 0 Å². The molecule has 1 aliphatic heterocycles. The summed E-state index contributed by atoms with van der Waals surface area (Å²) < 4.78 is 34.2. The number of hydrogen-bond donors (Lipinski definition) is 1. The van der Waals surface area contributed by atoms with Gasteiger partial charge in [0.05, 0.1) is 29.2 Å². The number of amides is 1. The van der Waals surface area contributed by atoms with Crippen molar-refractivity contribution in [3.63, 3.8) is 0 Å². The monoisotopic (exact) mass is 600 g/mol. The summed E-state index contributed by atoms with van der Waals surface area (Å²) in [6, 6.07) is 6.24. The van der Waals surface area contributed by atoms with E-state index in [1.165, 1.54) is 38.6 Å². The van der Waals surface area contributed by atoms with Gasteiger partial charge in [-0.15, -0.1) is 21.5 Å². The first-order valence-corrected chi connectivity index (χ1v) is 16.6. The number of ether oxygens (including phenoxy) is 1. The number of thioether (sulfide) groups is 1. The second-order valence-electron chi connectivity index (χ2n) is 11.3. The van der Waals surface area contributed by atoms with Crippen molar-refractivity contribution in [1.29, 1.82) is 0 Å². The normalized spacial score (nSPS) is 18.7. The van der Waals surface area contributed by atoms with E-state index in [1.54, 1.807) is 29.8 Å². The van der Waals surface area contributed by atoms with Crippen LogP contribution in [0.2, 0.25) is 0 Å². The van der Waals surface area contributed by atoms with E-state index in [2.05, 4.69) is 36.3 Å². The summed E-state index contributed by atoms with van der Waals surface area (Å²) in [5, 5.41) is 13.4. The van der Waals surface area contributed by atoms with Gasteiger partial charge in [-0.3, -0.25) is 9.20 Å². The molecule has 0 spiro atoms. The largest absolute Gasteiger partial charge is 0.379 e. The van der Waals surface area contributed by atoms with Crippen LogP contribution in [0.4, 0.5) is 5.69 Å². The van der Waals surface area contributed by atoms with Crippen molar-refractivity contribution < 1.29 is 17.9 Å². The highest BCUT2D eigenvalue weighted by molar-refractivity contribution is 7.99. The highest BCUT2D eigenvalue weighted by atomic mass is 32.2. The Morgan fingerprint density at radius 3 is 2.65 bits per heavy atom. The van der Waals surface area contributed by atoms with Crippen molar-refractivity contribution in [3.05, 3.63) is 41.0 Å². The van der Waals surface area contributed by atoms with Crippen LogP contribution in [0, 0.1) is 11.3 Å². The van der Waals surface area contributed by atoms with Crippen molar-refractivity contribution in [2.75, 3.05) is 37.4 Å². The van der Waals surface area contributed by atoms with Crippen LogP contribution < -0.4 is 5.32 Å². The Kier molecular flexibility index (Phi) is 7.36. The number of nitrogens with one attached hydrogen (secondary N) is 1. The first-order valence-electron chi connectivity index (χ1n) is 13.4. The Balaban J connectivity index is 1.13. The van der Waals surface area contributed by atoms with E-state index >= 15 is 0 Å². The van der Waals surface area contributed by atoms with E-state index in [4.69, 9.17) is 9.72 Å². The summed E-state index contributed by atoms with van der Waals surface area (Å²) in [4.78, 5) is 20.0. The number of anilines is 1. The second-order valence-corrected chi connectivity index (χ2v) is 15.3. The van der Waals surface area contributed by atoms with Crippen molar-refractivity contribution in [2.24, 2.45) is 11.3 Å². The molecule has 1 amide bonds. The van der Waals surface area contributed by atoms with E-state index in [-0.39, 0.29) is 22.0 Å². The highest BCUT2D eigenvalue weighted by Crippen LogP contribution is 2.43. The number of sulfonamides is 1. The molecule has 6 rings (SSSR count). The van der Waals surface area contributed by atoms with Gasteiger partial charge >= 0.3 is 0 Å². The van der Waals surface area contributed by atoms with Gasteiger partial charge in [0.25, 0.3) is 0 Å². The standard InChI is InChI=1S/C27H32N6O4S3/c1-27(2,3)17-4-9-20-21(14-17)39-25-23(20)24-30-31-26(33(24)16-28-25)38-15-22(34)29-18-5-7-19(8-6-18)40(35,36)32-10-12-37-13-11-32/h5-8,16-17H,4,9-15H2,1-3H3,(H,29,34)/t17-/m0/s1. The summed E-state index contributed by atoms with van der Waals surface area (Å²) >= 11 is 3.05. The molecule has 1 saturated heterocycles. The Bertz CT molecular complexity index is 1670. The maximum atomic E-state index is 12.8. The van der Waals surface area contributed by atoms with Crippen LogP contribution in [0.3, 0.4) is 0 Å². The minimum Gasteiger partial charge on any atom is -0.379 e. The van der Waals surface area contributed by atoms with Gasteiger partial charge < -0.3 is 10.1 Å². The predicted octanol–water partition coefficient (Wildman–Crippen LogP) is 4.24. The predicted molar refractivity (Wildman–Crippen MR) is 157 cm³/mol. The lowest BCUT2D eigenvalue weighted by molar-refractivity contribution is -0.113. The van der Waals surface area contributed by atoms with Crippen LogP contribution in [0.1, 0.15) is 37.6 Å². The number of fused-ring (bicyclic) bond motifs is 5. The number of morpholine rings is 1. The van der Waals surface area contributed by atoms with E-state index in [1.807, 2.05) is 4.40 Å². The van der Waals surface area contributed by atoms with E-state index in [0.29, 0.717) is 43.1 Å². The maximum Gasteiger partial charge on any atom is 0.243 e. The molecular weight excluding hydrogens is 569 g/mol. The average Bonchev–Trinajstić information content (AvgIpc) is 3.52. The number of aromatic nitrogens is 4. The number of rotatable bonds is 6. The van der Waals surface area contributed by atoms with Gasteiger partial charge in [-0.25, -0.2) is 13.4 Å². The molecule has 212 valence electrons. The molecule has 4 heterocycles. The zero-order valence-corrected chi connectivity index (χ0v) is 25.2. The van der Waals surface area contributed by atoms with Gasteiger partial charge in [0, 0.05) is 23.7 Å². The minimum atomic E-state index is -3.58. The fourth-order valence-electron chi connectivity index (χ4n) is 5.37. The molecule has 1 fully saturated rings. The zero-order chi connectivity index (χ0) is 28.1. The van der Waals surface area contributed by atoms with Crippen LogP contribution in [0.5, 0.6) is 0 Å². The molecule has 1 atom stereocenters. The Morgan fingerprint density at radius 1 is 1.18 bits per heavy atom. The third-order valence-electron chi connectivity index (χ3n) is 7.73. The van der Waals surface area contributed by atoms with Crippen LogP contribution in [0.25, 0.3) is 15.9 Å². The molecular formula is C27H32N6O4S3. The van der Waals surface area contributed by atoms with Gasteiger partial charge in [-0.2, -0.15) is 4.31 Å². The topological polar surface area (TPSA) is 119 Å². The minimum absolute atomic E-state index is 0.127. The lowest BCUT2D eigenvalue weighted by atomic mass is 9.72. The van der Waals surface area contributed by atoms with E-state index in [9.17, 15) is 13.2 Å². The molecule has 10 nitrogen and oxygen atoms in total. The highest BCUT2D eigenvalue weighted by Gasteiger charge is 2.32. The Morgan fingerprint density at radius 2 is 1.93 bits per heavy atom. The third kappa shape index (κ3) is 5.25. The zero-order valence-electron chi connectivity index (χ0n) is 22.7. The molecule has 3 aromatic heterocycles. The summed E-state index contributed by atoms with van der Waals surface area (Å²) in [6.07, 6.45) is 4.99. The van der Waals surface area contributed by atoms with Gasteiger partial charge in [0.2, 0.25) is 15.9 Å². The molecule has 40 heavy (non-hydrogen) atoms. The fraction of sp³-hybridized carbons (Fsp3) is 0.481. The Labute approximate surface area is 241 Å². The van der Waals surface area contributed by atoms with Gasteiger partial charge in [-0.05, 0) is 60.4 Å². The fourth-order valence-corrected chi connectivity index (χ4v) is 8.74. The quantitative estimate of drug-likeness (QED) is 0.327. The van der Waals surface area contributed by atoms with Crippen molar-refractivity contribution >= 4 is 60.6 Å². The molecule has 13 heteroatoms. The number of hydrogen-bond acceptors (Lipinski definition) is 9. The van der Waals surface area contributed by atoms with Gasteiger partial charge in [0.1, 0.15) is 11.2 Å². The first kappa shape index (κ1) is 27.6. The number of carbonyl (C=O) groups excluding carboxylic acids is 1. The second kappa shape index (κ2) is 10.7. The van der Waals surface area contributed by atoms with Gasteiger partial charge in [-0.1, -0.05) is 32.5 Å². The number of benzene rings is 1. The Hall–Kier alpha value is -2.58. The SMILES string of the molecule is CC(C)(C)[C@H]1CCc2c(sc3ncn4c(SCC(=O)Nc5ccc(S(=O)(=O)N6CCOCC6)cc5)nnc4c23)C1. The van der Waals surface area contributed by atoms with Crippen LogP contribution in [-0.4, -0.2) is 70.3 Å². The average molecular weight is 601 g/mol. The summed E-state index contributed by atoms with van der Waals surface area (Å²) in [5.74, 6) is 0.555. The summed E-state index contributed by atoms with van der Waals surface area (Å²) in [5.41, 5.74) is 2.94. The van der Waals surface area contributed by atoms with Crippen LogP contribution in [-0.2, 0) is 32.4 Å². The van der Waals surface area contributed by atoms with E-state index < -0.39 is 10.0 Å². The number of thiophene rings is 1. The molecule has 0 saturated carbocycles. The summed E-state index contributed by atoms with van der Waals surface area (Å²) in [6.45, 7) is 8.40. The van der Waals surface area contributed by atoms with Crippen LogP contribution >= 0.6 is 23.1 Å². The molecule has 0 radical (unpaired) electrons. The molecule has 0 bridgehead atoms. The van der Waals surface area contributed by atoms with Crippen LogP contribution in [0.15, 0.2) is 40.6 Å².